The minimum Gasteiger partial charge on any atom is -0.412 e. The monoisotopic (exact) mass is 480 g/mol. The Balaban J connectivity index is 1.62. The van der Waals surface area contributed by atoms with Crippen LogP contribution in [-0.2, 0) is 17.6 Å². The molecule has 35 heavy (non-hydrogen) atoms. The molecule has 0 N–H and O–H groups in total. The molecule has 5 rings (SSSR count). The quantitative estimate of drug-likeness (QED) is 0.252. The molecule has 0 atom stereocenters. The normalized spacial score (nSPS) is 13.4. The summed E-state index contributed by atoms with van der Waals surface area (Å²) in [6.07, 6.45) is 4.10. The lowest BCUT2D eigenvalue weighted by Crippen LogP contribution is -2.41. The van der Waals surface area contributed by atoms with Gasteiger partial charge in [-0.15, -0.1) is 0 Å². The van der Waals surface area contributed by atoms with Crippen molar-refractivity contribution in [3.05, 3.63) is 99.3 Å². The number of hydrogen-bond acceptors (Lipinski definition) is 3. The fourth-order valence-electron chi connectivity index (χ4n) is 4.25. The van der Waals surface area contributed by atoms with Crippen molar-refractivity contribution < 1.29 is 4.43 Å². The van der Waals surface area contributed by atoms with E-state index < -0.39 is 8.32 Å². The Hall–Kier alpha value is -3.28. The second-order valence-corrected chi connectivity index (χ2v) is 15.6. The summed E-state index contributed by atoms with van der Waals surface area (Å²) in [5, 5.41) is 1.16. The molecule has 0 saturated heterocycles. The molecule has 0 unspecified atom stereocenters. The van der Waals surface area contributed by atoms with Crippen LogP contribution in [0.3, 0.4) is 0 Å². The third kappa shape index (κ3) is 4.42. The van der Waals surface area contributed by atoms with Gasteiger partial charge < -0.3 is 8.99 Å². The van der Waals surface area contributed by atoms with Crippen molar-refractivity contribution in [3.63, 3.8) is 0 Å². The Morgan fingerprint density at radius 3 is 2.46 bits per heavy atom. The standard InChI is InChI=1S/C30H32N2O2Si/c1-30(2,3)35(4,5)34-20-25-22(16-15-21-11-7-6-8-12-21)18-27-28-24(19-32(27)29(25)33)17-23-13-9-10-14-26(23)31-28/h6-18H,19-20H2,1-5H3/b16-15+. The van der Waals surface area contributed by atoms with Crippen molar-refractivity contribution >= 4 is 31.4 Å². The first-order chi connectivity index (χ1) is 16.6. The van der Waals surface area contributed by atoms with Gasteiger partial charge in [0.25, 0.3) is 5.56 Å². The van der Waals surface area contributed by atoms with Gasteiger partial charge in [-0.1, -0.05) is 81.5 Å². The Labute approximate surface area is 208 Å². The molecule has 0 radical (unpaired) electrons. The number of aromatic nitrogens is 2. The van der Waals surface area contributed by atoms with Gasteiger partial charge in [0.05, 0.1) is 30.1 Å². The molecule has 0 aliphatic carbocycles. The fourth-order valence-corrected chi connectivity index (χ4v) is 5.18. The maximum atomic E-state index is 13.9. The van der Waals surface area contributed by atoms with Crippen LogP contribution in [0, 0.1) is 0 Å². The van der Waals surface area contributed by atoms with Crippen LogP contribution in [0.25, 0.3) is 34.4 Å². The third-order valence-corrected chi connectivity index (χ3v) is 11.9. The average Bonchev–Trinajstić information content (AvgIpc) is 3.18. The van der Waals surface area contributed by atoms with Crippen LogP contribution in [0.5, 0.6) is 0 Å². The highest BCUT2D eigenvalue weighted by molar-refractivity contribution is 6.74. The Morgan fingerprint density at radius 1 is 1.00 bits per heavy atom. The zero-order valence-electron chi connectivity index (χ0n) is 21.1. The Kier molecular flexibility index (Phi) is 5.86. The van der Waals surface area contributed by atoms with Gasteiger partial charge in [-0.25, -0.2) is 4.98 Å². The molecule has 0 fully saturated rings. The molecule has 0 amide bonds. The summed E-state index contributed by atoms with van der Waals surface area (Å²) in [4.78, 5) is 18.8. The molecule has 2 aromatic heterocycles. The van der Waals surface area contributed by atoms with Crippen molar-refractivity contribution in [1.29, 1.82) is 0 Å². The smallest absolute Gasteiger partial charge is 0.257 e. The van der Waals surface area contributed by atoms with Gasteiger partial charge in [-0.05, 0) is 47.5 Å². The molecule has 5 heteroatoms. The predicted molar refractivity (Wildman–Crippen MR) is 148 cm³/mol. The molecule has 0 spiro atoms. The molecule has 2 aromatic carbocycles. The molecule has 0 bridgehead atoms. The van der Waals surface area contributed by atoms with E-state index in [0.29, 0.717) is 18.7 Å². The number of nitrogens with zero attached hydrogens (tertiary/aromatic N) is 2. The zero-order chi connectivity index (χ0) is 24.8. The minimum absolute atomic E-state index is 0.0102. The SMILES string of the molecule is CC(C)(C)[Si](C)(C)OCc1c(/C=C/c2ccccc2)cc2n(c1=O)Cc1cc3ccccc3nc1-2. The summed E-state index contributed by atoms with van der Waals surface area (Å²) in [5.41, 5.74) is 6.51. The maximum Gasteiger partial charge on any atom is 0.257 e. The van der Waals surface area contributed by atoms with Crippen LogP contribution in [0.1, 0.15) is 43.0 Å². The topological polar surface area (TPSA) is 44.1 Å². The first kappa shape index (κ1) is 23.5. The molecule has 1 aliphatic heterocycles. The first-order valence-corrected chi connectivity index (χ1v) is 15.1. The molecule has 1 aliphatic rings. The number of hydrogen-bond donors (Lipinski definition) is 0. The van der Waals surface area contributed by atoms with Crippen molar-refractivity contribution in [2.75, 3.05) is 0 Å². The lowest BCUT2D eigenvalue weighted by Gasteiger charge is -2.36. The fraction of sp³-hybridized carbons (Fsp3) is 0.267. The second kappa shape index (κ2) is 8.74. The second-order valence-electron chi connectivity index (χ2n) is 10.8. The van der Waals surface area contributed by atoms with Crippen LogP contribution < -0.4 is 5.56 Å². The van der Waals surface area contributed by atoms with Gasteiger partial charge in [0.15, 0.2) is 8.32 Å². The summed E-state index contributed by atoms with van der Waals surface area (Å²) < 4.78 is 8.39. The minimum atomic E-state index is -2.03. The van der Waals surface area contributed by atoms with Crippen LogP contribution in [0.4, 0.5) is 0 Å². The number of fused-ring (bicyclic) bond motifs is 4. The van der Waals surface area contributed by atoms with Crippen LogP contribution in [0.15, 0.2) is 71.5 Å². The van der Waals surface area contributed by atoms with E-state index in [2.05, 4.69) is 70.3 Å². The van der Waals surface area contributed by atoms with Crippen molar-refractivity contribution in [2.24, 2.45) is 0 Å². The van der Waals surface area contributed by atoms with Gasteiger partial charge in [-0.2, -0.15) is 0 Å². The summed E-state index contributed by atoms with van der Waals surface area (Å²) >= 11 is 0. The van der Waals surface area contributed by atoms with E-state index in [1.807, 2.05) is 47.0 Å². The lowest BCUT2D eigenvalue weighted by molar-refractivity contribution is 0.274. The van der Waals surface area contributed by atoms with E-state index >= 15 is 0 Å². The lowest BCUT2D eigenvalue weighted by atomic mass is 10.1. The van der Waals surface area contributed by atoms with E-state index in [1.54, 1.807) is 0 Å². The molecule has 178 valence electrons. The van der Waals surface area contributed by atoms with Crippen molar-refractivity contribution in [1.82, 2.24) is 9.55 Å². The molecule has 3 heterocycles. The number of pyridine rings is 2. The highest BCUT2D eigenvalue weighted by Crippen LogP contribution is 2.38. The van der Waals surface area contributed by atoms with Crippen LogP contribution in [0.2, 0.25) is 18.1 Å². The first-order valence-electron chi connectivity index (χ1n) is 12.2. The molecule has 4 nitrogen and oxygen atoms in total. The Morgan fingerprint density at radius 2 is 1.71 bits per heavy atom. The van der Waals surface area contributed by atoms with E-state index in [9.17, 15) is 4.79 Å². The van der Waals surface area contributed by atoms with E-state index in [0.717, 1.165) is 39.0 Å². The number of rotatable bonds is 5. The summed E-state index contributed by atoms with van der Waals surface area (Å²) in [7, 11) is -2.03. The van der Waals surface area contributed by atoms with Gasteiger partial charge in [0, 0.05) is 16.5 Å². The van der Waals surface area contributed by atoms with Gasteiger partial charge in [-0.3, -0.25) is 4.79 Å². The van der Waals surface area contributed by atoms with Gasteiger partial charge >= 0.3 is 0 Å². The highest BCUT2D eigenvalue weighted by atomic mass is 28.4. The molecule has 4 aromatic rings. The summed E-state index contributed by atoms with van der Waals surface area (Å²) in [5.74, 6) is 0. The van der Waals surface area contributed by atoms with E-state index in [4.69, 9.17) is 9.41 Å². The molecular weight excluding hydrogens is 448 g/mol. The van der Waals surface area contributed by atoms with Gasteiger partial charge in [0.2, 0.25) is 0 Å². The van der Waals surface area contributed by atoms with E-state index in [1.165, 1.54) is 0 Å². The van der Waals surface area contributed by atoms with Crippen molar-refractivity contribution in [2.45, 2.75) is 52.1 Å². The average molecular weight is 481 g/mol. The summed E-state index contributed by atoms with van der Waals surface area (Å²) in [6, 6.07) is 22.5. The molecule has 0 saturated carbocycles. The third-order valence-electron chi connectivity index (χ3n) is 7.45. The number of benzene rings is 2. The van der Waals surface area contributed by atoms with Crippen molar-refractivity contribution in [3.8, 4) is 11.4 Å². The largest absolute Gasteiger partial charge is 0.412 e. The van der Waals surface area contributed by atoms with Crippen LogP contribution >= 0.6 is 0 Å². The number of para-hydroxylation sites is 1. The van der Waals surface area contributed by atoms with Gasteiger partial charge in [0.1, 0.15) is 0 Å². The predicted octanol–water partition coefficient (Wildman–Crippen LogP) is 7.12. The summed E-state index contributed by atoms with van der Waals surface area (Å²) in [6.45, 7) is 12.0. The molecular formula is C30H32N2O2Si. The van der Waals surface area contributed by atoms with Crippen LogP contribution in [-0.4, -0.2) is 17.9 Å². The Bertz CT molecular complexity index is 1500. The van der Waals surface area contributed by atoms with E-state index in [-0.39, 0.29) is 10.6 Å². The zero-order valence-corrected chi connectivity index (χ0v) is 22.1. The highest BCUT2D eigenvalue weighted by Gasteiger charge is 2.37. The maximum absolute atomic E-state index is 13.9.